The van der Waals surface area contributed by atoms with E-state index >= 15 is 0 Å². The van der Waals surface area contributed by atoms with E-state index in [2.05, 4.69) is 0 Å². The molecule has 0 fully saturated rings. The molecule has 3 nitrogen and oxygen atoms in total. The molecule has 6 heavy (non-hydrogen) atoms. The minimum atomic E-state index is -1.99. The Morgan fingerprint density at radius 3 is 2.00 bits per heavy atom. The molecule has 0 aliphatic heterocycles. The molecule has 4 heteroatoms. The smallest absolute Gasteiger partial charge is 0.443 e. The normalized spacial score (nSPS) is 10.5. The van der Waals surface area contributed by atoms with Crippen LogP contribution in [0.4, 0.5) is 4.79 Å². The summed E-state index contributed by atoms with van der Waals surface area (Å²) < 4.78 is 9.69. The summed E-state index contributed by atoms with van der Waals surface area (Å²) in [6.45, 7) is 1.15. The molecule has 0 aliphatic rings. The first-order valence-corrected chi connectivity index (χ1v) is 2.99. The second-order valence-electron chi connectivity index (χ2n) is 0.780. The van der Waals surface area contributed by atoms with E-state index in [1.807, 2.05) is 0 Å². The maximum atomic E-state index is 9.69. The fourth-order valence-corrected chi connectivity index (χ4v) is 0. The molecule has 0 aliphatic carbocycles. The fraction of sp³-hybridized carbons (Fsp3) is 0.500. The molecule has 0 aromatic carbocycles. The zero-order valence-corrected chi connectivity index (χ0v) is 4.11. The third-order valence-corrected chi connectivity index (χ3v) is 0.808. The van der Waals surface area contributed by atoms with Gasteiger partial charge in [-0.25, -0.2) is 0 Å². The van der Waals surface area contributed by atoms with Crippen LogP contribution in [0, 0.1) is 0 Å². The summed E-state index contributed by atoms with van der Waals surface area (Å²) in [7, 11) is -1.99. The Morgan fingerprint density at radius 2 is 2.00 bits per heavy atom. The average Bonchev–Trinajstić information content (AvgIpc) is 1.36. The fourth-order valence-electron chi connectivity index (χ4n) is 0. The molecule has 1 unspecified atom stereocenters. The van der Waals surface area contributed by atoms with Crippen LogP contribution >= 0.6 is 7.80 Å². The van der Waals surface area contributed by atoms with Crippen LogP contribution in [0.1, 0.15) is 0 Å². The monoisotopic (exact) mass is 107 g/mol. The van der Waals surface area contributed by atoms with Gasteiger partial charge in [-0.15, -0.1) is 0 Å². The summed E-state index contributed by atoms with van der Waals surface area (Å²) in [4.78, 5) is 9.42. The van der Waals surface area contributed by atoms with Gasteiger partial charge in [0.05, 0.1) is 0 Å². The summed E-state index contributed by atoms with van der Waals surface area (Å²) in [5, 5.41) is 7.71. The van der Waals surface area contributed by atoms with E-state index in [-0.39, 0.29) is 0 Å². The van der Waals surface area contributed by atoms with Gasteiger partial charge < -0.3 is 5.11 Å². The Kier molecular flexibility index (Phi) is 1.74. The molecule has 0 saturated heterocycles. The van der Waals surface area contributed by atoms with Crippen LogP contribution in [0.5, 0.6) is 0 Å². The Bertz CT molecular complexity index is 74.8. The second-order valence-corrected chi connectivity index (χ2v) is 2.16. The van der Waals surface area contributed by atoms with E-state index in [9.17, 15) is 9.36 Å². The molecule has 0 bridgehead atoms. The van der Waals surface area contributed by atoms with Crippen LogP contribution in [-0.4, -0.2) is 17.5 Å². The number of carbonyl (C=O) groups is 1. The number of hydrogen-bond acceptors (Lipinski definition) is 2. The quantitative estimate of drug-likeness (QED) is 0.511. The van der Waals surface area contributed by atoms with Gasteiger partial charge in [0.1, 0.15) is 6.66 Å². The zero-order valence-electron chi connectivity index (χ0n) is 3.21. The summed E-state index contributed by atoms with van der Waals surface area (Å²) in [5.41, 5.74) is -1.23. The highest BCUT2D eigenvalue weighted by Crippen LogP contribution is 2.12. The van der Waals surface area contributed by atoms with Crippen molar-refractivity contribution in [2.24, 2.45) is 0 Å². The molecule has 0 heterocycles. The van der Waals surface area contributed by atoms with Gasteiger partial charge in [-0.05, 0) is 0 Å². The number of rotatable bonds is 1. The van der Waals surface area contributed by atoms with Gasteiger partial charge in [0, 0.05) is 0 Å². The Balaban J connectivity index is 3.57. The maximum absolute atomic E-state index is 9.69. The highest BCUT2D eigenvalue weighted by molar-refractivity contribution is 7.62. The van der Waals surface area contributed by atoms with E-state index in [4.69, 9.17) is 5.11 Å². The maximum Gasteiger partial charge on any atom is 0.552 e. The van der Waals surface area contributed by atoms with E-state index in [1.54, 1.807) is 0 Å². The van der Waals surface area contributed by atoms with Crippen molar-refractivity contribution in [3.05, 3.63) is 0 Å². The molecule has 34 valence electrons. The summed E-state index contributed by atoms with van der Waals surface area (Å²) >= 11 is 0. The van der Waals surface area contributed by atoms with Crippen molar-refractivity contribution < 1.29 is 14.5 Å². The van der Waals surface area contributed by atoms with E-state index < -0.39 is 13.5 Å². The molecule has 0 spiro atoms. The van der Waals surface area contributed by atoms with Crippen molar-refractivity contribution in [2.75, 3.05) is 6.66 Å². The Morgan fingerprint density at radius 1 is 1.83 bits per heavy atom. The van der Waals surface area contributed by atoms with E-state index in [0.29, 0.717) is 0 Å². The molecule has 0 aromatic heterocycles. The second kappa shape index (κ2) is 1.88. The van der Waals surface area contributed by atoms with Gasteiger partial charge in [-0.1, -0.05) is 4.57 Å². The largest absolute Gasteiger partial charge is 0.552 e. The highest BCUT2D eigenvalue weighted by Gasteiger charge is 2.17. The first-order valence-electron chi connectivity index (χ1n) is 1.28. The predicted molar refractivity (Wildman–Crippen MR) is 21.6 cm³/mol. The van der Waals surface area contributed by atoms with E-state index in [0.717, 1.165) is 6.66 Å². The molecule has 0 radical (unpaired) electrons. The summed E-state index contributed by atoms with van der Waals surface area (Å²) in [5.74, 6) is 0. The molecule has 0 amide bonds. The zero-order chi connectivity index (χ0) is 5.15. The van der Waals surface area contributed by atoms with Crippen LogP contribution in [0.2, 0.25) is 0 Å². The topological polar surface area (TPSA) is 54.4 Å². The van der Waals surface area contributed by atoms with Gasteiger partial charge in [0.15, 0.2) is 0 Å². The summed E-state index contributed by atoms with van der Waals surface area (Å²) in [6, 6.07) is 0. The van der Waals surface area contributed by atoms with Crippen LogP contribution in [0.15, 0.2) is 0 Å². The van der Waals surface area contributed by atoms with Crippen molar-refractivity contribution in [3.8, 4) is 0 Å². The standard InChI is InChI=1S/C2H3O3P/c1-6(5)2(3)4/h1H3/p+1. The molecule has 1 N–H and O–H groups in total. The van der Waals surface area contributed by atoms with Crippen LogP contribution in [0.25, 0.3) is 0 Å². The van der Waals surface area contributed by atoms with Crippen molar-refractivity contribution in [1.29, 1.82) is 0 Å². The lowest BCUT2D eigenvalue weighted by atomic mass is 11.6. The Labute approximate surface area is 35.8 Å². The van der Waals surface area contributed by atoms with Gasteiger partial charge in [-0.2, -0.15) is 4.79 Å². The number of carboxylic acid groups (broad SMARTS) is 1. The van der Waals surface area contributed by atoms with Crippen molar-refractivity contribution in [1.82, 2.24) is 0 Å². The van der Waals surface area contributed by atoms with Gasteiger partial charge >= 0.3 is 13.5 Å². The third-order valence-electron chi connectivity index (χ3n) is 0.269. The predicted octanol–water partition coefficient (Wildman–Crippen LogP) is 1.12. The molecule has 1 atom stereocenters. The van der Waals surface area contributed by atoms with Gasteiger partial charge in [0.25, 0.3) is 0 Å². The average molecular weight is 107 g/mol. The lowest BCUT2D eigenvalue weighted by Crippen LogP contribution is -1.77. The van der Waals surface area contributed by atoms with Crippen LogP contribution in [0.3, 0.4) is 0 Å². The Hall–Kier alpha value is -0.430. The molecule has 0 saturated carbocycles. The first kappa shape index (κ1) is 5.57. The molecule has 0 aromatic rings. The van der Waals surface area contributed by atoms with Crippen LogP contribution < -0.4 is 0 Å². The number of hydrogen-bond donors (Lipinski definition) is 1. The molecule has 0 rings (SSSR count). The van der Waals surface area contributed by atoms with Crippen molar-refractivity contribution in [2.45, 2.75) is 0 Å². The lowest BCUT2D eigenvalue weighted by Gasteiger charge is -1.58. The molecular formula is C2H4O3P+. The summed E-state index contributed by atoms with van der Waals surface area (Å²) in [6.07, 6.45) is 0. The minimum Gasteiger partial charge on any atom is -0.443 e. The molecular weight excluding hydrogens is 103 g/mol. The third kappa shape index (κ3) is 1.85. The SMILES string of the molecule is C[P+](=O)C(=O)O. The van der Waals surface area contributed by atoms with Gasteiger partial charge in [-0.3, -0.25) is 0 Å². The van der Waals surface area contributed by atoms with Crippen LogP contribution in [-0.2, 0) is 4.57 Å². The lowest BCUT2D eigenvalue weighted by molar-refractivity contribution is 0.220. The first-order chi connectivity index (χ1) is 2.64. The van der Waals surface area contributed by atoms with Gasteiger partial charge in [0.2, 0.25) is 0 Å². The van der Waals surface area contributed by atoms with E-state index in [1.165, 1.54) is 0 Å². The highest BCUT2D eigenvalue weighted by atomic mass is 31.1. The minimum absolute atomic E-state index is 1.15. The van der Waals surface area contributed by atoms with Crippen molar-refractivity contribution in [3.63, 3.8) is 0 Å². The van der Waals surface area contributed by atoms with Crippen molar-refractivity contribution >= 4 is 13.5 Å².